The molecule has 0 aromatic heterocycles. The van der Waals surface area contributed by atoms with Gasteiger partial charge in [-0.05, 0) is 32.4 Å². The Hall–Kier alpha value is -2.33. The number of piperidine rings is 1. The van der Waals surface area contributed by atoms with E-state index in [9.17, 15) is 18.0 Å². The van der Waals surface area contributed by atoms with Crippen molar-refractivity contribution in [3.8, 4) is 0 Å². The van der Waals surface area contributed by atoms with Gasteiger partial charge in [0.15, 0.2) is 0 Å². The van der Waals surface area contributed by atoms with E-state index in [0.717, 1.165) is 0 Å². The number of benzene rings is 1. The molecule has 2 bridgehead atoms. The van der Waals surface area contributed by atoms with Gasteiger partial charge in [-0.25, -0.2) is 28.0 Å². The van der Waals surface area contributed by atoms with E-state index in [2.05, 4.69) is 0 Å². The molecule has 0 spiro atoms. The number of amides is 2. The lowest BCUT2D eigenvalue weighted by Gasteiger charge is -2.34. The Kier molecular flexibility index (Phi) is 4.26. The summed E-state index contributed by atoms with van der Waals surface area (Å²) in [6, 6.07) is 6.56. The predicted octanol–water partition coefficient (Wildman–Crippen LogP) is 1.41. The van der Waals surface area contributed by atoms with Gasteiger partial charge in [0.1, 0.15) is 0 Å². The van der Waals surface area contributed by atoms with Crippen molar-refractivity contribution in [1.29, 1.82) is 0 Å². The van der Waals surface area contributed by atoms with E-state index in [-0.39, 0.29) is 30.2 Å². The van der Waals surface area contributed by atoms with Crippen molar-refractivity contribution in [2.75, 3.05) is 13.2 Å². The summed E-state index contributed by atoms with van der Waals surface area (Å²) in [5, 5.41) is 2.46. The quantitative estimate of drug-likeness (QED) is 0.716. The van der Waals surface area contributed by atoms with Crippen LogP contribution in [0.2, 0.25) is 0 Å². The molecular weight excluding hydrogens is 374 g/mol. The molecule has 1 aromatic rings. The minimum absolute atomic E-state index is 0.156. The predicted molar refractivity (Wildman–Crippen MR) is 93.0 cm³/mol. The van der Waals surface area contributed by atoms with Gasteiger partial charge in [0.05, 0.1) is 42.3 Å². The zero-order chi connectivity index (χ0) is 19.3. The first-order valence-corrected chi connectivity index (χ1v) is 10.4. The van der Waals surface area contributed by atoms with Crippen LogP contribution >= 0.6 is 0 Å². The Bertz CT molecular complexity index is 825. The molecule has 2 saturated heterocycles. The smallest absolute Gasteiger partial charge is 0.429 e. The molecule has 3 fully saturated rings. The molecule has 10 heteroatoms. The first-order chi connectivity index (χ1) is 12.9. The monoisotopic (exact) mass is 395 g/mol. The van der Waals surface area contributed by atoms with Crippen molar-refractivity contribution >= 4 is 22.2 Å². The van der Waals surface area contributed by atoms with Gasteiger partial charge in [-0.15, -0.1) is 0 Å². The van der Waals surface area contributed by atoms with Crippen LogP contribution in [0.1, 0.15) is 20.3 Å². The van der Waals surface area contributed by atoms with E-state index >= 15 is 0 Å². The topological polar surface area (TPSA) is 96.2 Å². The van der Waals surface area contributed by atoms with Crippen molar-refractivity contribution in [1.82, 2.24) is 14.3 Å². The molecule has 1 aromatic carbocycles. The molecule has 1 saturated carbocycles. The highest BCUT2D eigenvalue weighted by molar-refractivity contribution is 7.89. The summed E-state index contributed by atoms with van der Waals surface area (Å²) < 4.78 is 37.5. The number of carbonyl (C=O) groups is 2. The van der Waals surface area contributed by atoms with Gasteiger partial charge >= 0.3 is 12.2 Å². The third-order valence-corrected chi connectivity index (χ3v) is 7.12. The van der Waals surface area contributed by atoms with Crippen LogP contribution in [0.15, 0.2) is 35.2 Å². The molecule has 2 aliphatic heterocycles. The van der Waals surface area contributed by atoms with Gasteiger partial charge in [0.2, 0.25) is 10.0 Å². The second kappa shape index (κ2) is 6.38. The second-order valence-corrected chi connectivity index (χ2v) is 8.43. The van der Waals surface area contributed by atoms with Crippen molar-refractivity contribution < 1.29 is 27.5 Å². The summed E-state index contributed by atoms with van der Waals surface area (Å²) >= 11 is 0. The molecular formula is C17H21N3O6S. The number of nitrogens with zero attached hydrogens (tertiary/aromatic N) is 3. The average molecular weight is 395 g/mol. The number of hydrogen-bond acceptors (Lipinski definition) is 6. The second-order valence-electron chi connectivity index (χ2n) is 6.59. The zero-order valence-electron chi connectivity index (χ0n) is 15.0. The number of fused-ring (bicyclic) bond motifs is 5. The number of ether oxygens (including phenoxy) is 2. The highest BCUT2D eigenvalue weighted by Gasteiger charge is 2.75. The summed E-state index contributed by atoms with van der Waals surface area (Å²) in [7, 11) is -3.70. The van der Waals surface area contributed by atoms with E-state index < -0.39 is 34.3 Å². The molecule has 0 N–H and O–H groups in total. The largest absolute Gasteiger partial charge is 0.448 e. The molecule has 2 heterocycles. The van der Waals surface area contributed by atoms with Gasteiger partial charge in [0, 0.05) is 0 Å². The van der Waals surface area contributed by atoms with Gasteiger partial charge in [0.25, 0.3) is 0 Å². The number of rotatable bonds is 4. The lowest BCUT2D eigenvalue weighted by molar-refractivity contribution is -0.0301. The molecule has 4 unspecified atom stereocenters. The molecule has 1 aliphatic carbocycles. The van der Waals surface area contributed by atoms with Crippen LogP contribution in [0, 0.1) is 0 Å². The minimum Gasteiger partial charge on any atom is -0.448 e. The first kappa shape index (κ1) is 18.1. The number of carbonyl (C=O) groups excluding carboxylic acids is 2. The molecule has 0 radical (unpaired) electrons. The first-order valence-electron chi connectivity index (χ1n) is 8.94. The van der Waals surface area contributed by atoms with Gasteiger partial charge < -0.3 is 9.47 Å². The van der Waals surface area contributed by atoms with Crippen molar-refractivity contribution in [3.05, 3.63) is 30.3 Å². The third-order valence-electron chi connectivity index (χ3n) is 5.21. The van der Waals surface area contributed by atoms with Crippen LogP contribution in [0.25, 0.3) is 0 Å². The van der Waals surface area contributed by atoms with E-state index in [0.29, 0.717) is 6.42 Å². The lowest BCUT2D eigenvalue weighted by atomic mass is 10.2. The maximum absolute atomic E-state index is 13.0. The fraction of sp³-hybridized carbons (Fsp3) is 0.529. The Labute approximate surface area is 157 Å². The SMILES string of the molecule is CCOC(=O)N1C2CC(C3C2N3S(=O)(=O)c2ccccc2)N1C(=O)OCC. The fourth-order valence-corrected chi connectivity index (χ4v) is 6.10. The molecule has 27 heavy (non-hydrogen) atoms. The normalized spacial score (nSPS) is 30.8. The van der Waals surface area contributed by atoms with Gasteiger partial charge in [-0.1, -0.05) is 18.2 Å². The highest BCUT2D eigenvalue weighted by Crippen LogP contribution is 2.55. The molecule has 4 rings (SSSR count). The Morgan fingerprint density at radius 2 is 1.44 bits per heavy atom. The maximum Gasteiger partial charge on any atom is 0.429 e. The van der Waals surface area contributed by atoms with Gasteiger partial charge in [-0.3, -0.25) is 0 Å². The van der Waals surface area contributed by atoms with Crippen LogP contribution in [0.3, 0.4) is 0 Å². The summed E-state index contributed by atoms with van der Waals surface area (Å²) in [5.41, 5.74) is 0. The van der Waals surface area contributed by atoms with Crippen LogP contribution in [-0.4, -0.2) is 72.3 Å². The van der Waals surface area contributed by atoms with Crippen LogP contribution < -0.4 is 0 Å². The van der Waals surface area contributed by atoms with Gasteiger partial charge in [-0.2, -0.15) is 4.31 Å². The summed E-state index contributed by atoms with van der Waals surface area (Å²) in [5.74, 6) is 0. The van der Waals surface area contributed by atoms with E-state index in [1.54, 1.807) is 32.0 Å². The van der Waals surface area contributed by atoms with Crippen molar-refractivity contribution in [2.45, 2.75) is 49.3 Å². The van der Waals surface area contributed by atoms with E-state index in [4.69, 9.17) is 9.47 Å². The standard InChI is InChI=1S/C17H21N3O6S/c1-3-25-16(21)18-12-10-13(19(18)17(22)26-4-2)15-14(12)20(15)27(23,24)11-8-6-5-7-9-11/h5-9,12-15H,3-4,10H2,1-2H3. The molecule has 3 aliphatic rings. The maximum atomic E-state index is 13.0. The van der Waals surface area contributed by atoms with Crippen LogP contribution in [0.5, 0.6) is 0 Å². The fourth-order valence-electron chi connectivity index (χ4n) is 4.24. The Morgan fingerprint density at radius 3 is 1.89 bits per heavy atom. The number of hydrazine groups is 1. The number of hydrogen-bond donors (Lipinski definition) is 0. The summed E-state index contributed by atoms with van der Waals surface area (Å²) in [6.07, 6.45) is -0.825. The average Bonchev–Trinajstić information content (AvgIpc) is 3.17. The Morgan fingerprint density at radius 1 is 0.963 bits per heavy atom. The van der Waals surface area contributed by atoms with Crippen LogP contribution in [0.4, 0.5) is 9.59 Å². The van der Waals surface area contributed by atoms with Crippen molar-refractivity contribution in [3.63, 3.8) is 0 Å². The highest BCUT2D eigenvalue weighted by atomic mass is 32.2. The third kappa shape index (κ3) is 2.58. The molecule has 146 valence electrons. The summed E-state index contributed by atoms with van der Waals surface area (Å²) in [6.45, 7) is 3.66. The lowest BCUT2D eigenvalue weighted by Crippen LogP contribution is -2.56. The molecule has 4 atom stereocenters. The van der Waals surface area contributed by atoms with E-state index in [1.807, 2.05) is 0 Å². The van der Waals surface area contributed by atoms with Crippen molar-refractivity contribution in [2.24, 2.45) is 0 Å². The molecule has 2 amide bonds. The van der Waals surface area contributed by atoms with E-state index in [1.165, 1.54) is 26.5 Å². The zero-order valence-corrected chi connectivity index (χ0v) is 15.8. The minimum atomic E-state index is -3.70. The molecule has 9 nitrogen and oxygen atoms in total. The Balaban J connectivity index is 1.65. The number of sulfonamides is 1. The summed E-state index contributed by atoms with van der Waals surface area (Å²) in [4.78, 5) is 25.1. The van der Waals surface area contributed by atoms with Crippen LogP contribution in [-0.2, 0) is 19.5 Å².